The quantitative estimate of drug-likeness (QED) is 0.801. The molecule has 1 aliphatic rings. The molecule has 1 heterocycles. The molecular weight excluding hydrogens is 288 g/mol. The molecule has 17 heavy (non-hydrogen) atoms. The van der Waals surface area contributed by atoms with Gasteiger partial charge in [0.05, 0.1) is 24.8 Å². The Hall–Kier alpha value is -1.07. The second kappa shape index (κ2) is 5.51. The molecule has 4 nitrogen and oxygen atoms in total. The Morgan fingerprint density at radius 2 is 2.35 bits per heavy atom. The number of rotatable bonds is 4. The third-order valence-corrected chi connectivity index (χ3v) is 3.15. The Labute approximate surface area is 108 Å². The number of carbonyl (C=O) groups excluding carboxylic acids is 1. The van der Waals surface area contributed by atoms with Crippen molar-refractivity contribution in [3.63, 3.8) is 0 Å². The van der Waals surface area contributed by atoms with Crippen LogP contribution >= 0.6 is 15.9 Å². The number of ether oxygens (including phenoxy) is 3. The van der Waals surface area contributed by atoms with E-state index < -0.39 is 0 Å². The van der Waals surface area contributed by atoms with Crippen molar-refractivity contribution in [3.05, 3.63) is 22.2 Å². The number of hydrogen-bond donors (Lipinski definition) is 0. The summed E-state index contributed by atoms with van der Waals surface area (Å²) in [5, 5.41) is 0. The topological polar surface area (TPSA) is 44.8 Å². The highest BCUT2D eigenvalue weighted by molar-refractivity contribution is 9.10. The fourth-order valence-corrected chi connectivity index (χ4v) is 2.25. The number of halogens is 1. The maximum Gasteiger partial charge on any atom is 0.175 e. The van der Waals surface area contributed by atoms with Crippen molar-refractivity contribution >= 4 is 22.2 Å². The van der Waals surface area contributed by atoms with E-state index in [0.717, 1.165) is 19.3 Å². The molecule has 1 aromatic rings. The number of aldehydes is 1. The van der Waals surface area contributed by atoms with Crippen LogP contribution in [0.2, 0.25) is 0 Å². The van der Waals surface area contributed by atoms with Gasteiger partial charge in [-0.15, -0.1) is 0 Å². The van der Waals surface area contributed by atoms with E-state index in [1.165, 1.54) is 0 Å². The zero-order chi connectivity index (χ0) is 12.3. The van der Waals surface area contributed by atoms with Crippen molar-refractivity contribution in [2.75, 3.05) is 20.3 Å². The van der Waals surface area contributed by atoms with Crippen LogP contribution in [0.3, 0.4) is 0 Å². The zero-order valence-corrected chi connectivity index (χ0v) is 11.0. The fraction of sp³-hybridized carbons (Fsp3) is 0.417. The molecule has 92 valence electrons. The third kappa shape index (κ3) is 2.79. The predicted octanol–water partition coefficient (Wildman–Crippen LogP) is 2.44. The Morgan fingerprint density at radius 1 is 1.53 bits per heavy atom. The van der Waals surface area contributed by atoms with E-state index in [2.05, 4.69) is 15.9 Å². The molecule has 1 aliphatic heterocycles. The minimum absolute atomic E-state index is 0.0438. The van der Waals surface area contributed by atoms with E-state index in [-0.39, 0.29) is 6.10 Å². The molecule has 1 atom stereocenters. The van der Waals surface area contributed by atoms with E-state index >= 15 is 0 Å². The first kappa shape index (κ1) is 12.4. The average molecular weight is 301 g/mol. The lowest BCUT2D eigenvalue weighted by atomic mass is 10.2. The first-order valence-corrected chi connectivity index (χ1v) is 6.11. The van der Waals surface area contributed by atoms with Crippen molar-refractivity contribution in [2.24, 2.45) is 0 Å². The van der Waals surface area contributed by atoms with Gasteiger partial charge in [-0.1, -0.05) is 0 Å². The molecule has 0 N–H and O–H groups in total. The third-order valence-electron chi connectivity index (χ3n) is 2.56. The molecule has 1 unspecified atom stereocenters. The van der Waals surface area contributed by atoms with Crippen molar-refractivity contribution in [2.45, 2.75) is 12.5 Å². The summed E-state index contributed by atoms with van der Waals surface area (Å²) in [4.78, 5) is 10.7. The summed E-state index contributed by atoms with van der Waals surface area (Å²) in [6, 6.07) is 3.36. The van der Waals surface area contributed by atoms with Crippen LogP contribution in [-0.4, -0.2) is 32.7 Å². The lowest BCUT2D eigenvalue weighted by Gasteiger charge is -2.16. The average Bonchev–Trinajstić information content (AvgIpc) is 2.84. The molecule has 0 amide bonds. The standard InChI is InChI=1S/C12H13BrO4/c1-15-11-5-8(6-14)4-10(13)12(11)17-9-2-3-16-7-9/h4-6,9H,2-3,7H2,1H3. The molecular formula is C12H13BrO4. The number of methoxy groups -OCH3 is 1. The molecule has 0 aliphatic carbocycles. The largest absolute Gasteiger partial charge is 0.493 e. The van der Waals surface area contributed by atoms with Gasteiger partial charge in [-0.25, -0.2) is 0 Å². The van der Waals surface area contributed by atoms with E-state index in [1.807, 2.05) is 0 Å². The van der Waals surface area contributed by atoms with E-state index in [1.54, 1.807) is 19.2 Å². The second-order valence-electron chi connectivity index (χ2n) is 3.76. The first-order valence-electron chi connectivity index (χ1n) is 5.31. The minimum Gasteiger partial charge on any atom is -0.493 e. The Balaban J connectivity index is 2.27. The highest BCUT2D eigenvalue weighted by Crippen LogP contribution is 2.37. The van der Waals surface area contributed by atoms with Crippen molar-refractivity contribution in [3.8, 4) is 11.5 Å². The van der Waals surface area contributed by atoms with Crippen LogP contribution in [0.1, 0.15) is 16.8 Å². The summed E-state index contributed by atoms with van der Waals surface area (Å²) in [5.74, 6) is 1.17. The maximum absolute atomic E-state index is 10.7. The summed E-state index contributed by atoms with van der Waals surface area (Å²) in [5.41, 5.74) is 0.545. The van der Waals surface area contributed by atoms with Gasteiger partial charge in [0, 0.05) is 12.0 Å². The molecule has 0 bridgehead atoms. The van der Waals surface area contributed by atoms with Gasteiger partial charge in [0.2, 0.25) is 0 Å². The van der Waals surface area contributed by atoms with Crippen LogP contribution < -0.4 is 9.47 Å². The Bertz CT molecular complexity index is 413. The highest BCUT2D eigenvalue weighted by atomic mass is 79.9. The van der Waals surface area contributed by atoms with Crippen LogP contribution in [0.4, 0.5) is 0 Å². The first-order chi connectivity index (χ1) is 8.24. The van der Waals surface area contributed by atoms with Crippen LogP contribution in [0.15, 0.2) is 16.6 Å². The van der Waals surface area contributed by atoms with E-state index in [4.69, 9.17) is 14.2 Å². The molecule has 0 radical (unpaired) electrons. The van der Waals surface area contributed by atoms with Gasteiger partial charge in [-0.3, -0.25) is 4.79 Å². The molecule has 5 heteroatoms. The normalized spacial score (nSPS) is 19.1. The minimum atomic E-state index is 0.0438. The van der Waals surface area contributed by atoms with Crippen molar-refractivity contribution in [1.82, 2.24) is 0 Å². The van der Waals surface area contributed by atoms with Crippen LogP contribution in [-0.2, 0) is 4.74 Å². The lowest BCUT2D eigenvalue weighted by Crippen LogP contribution is -2.16. The van der Waals surface area contributed by atoms with E-state index in [9.17, 15) is 4.79 Å². The van der Waals surface area contributed by atoms with Gasteiger partial charge in [-0.05, 0) is 28.1 Å². The van der Waals surface area contributed by atoms with Gasteiger partial charge in [0.25, 0.3) is 0 Å². The van der Waals surface area contributed by atoms with Gasteiger partial charge >= 0.3 is 0 Å². The van der Waals surface area contributed by atoms with E-state index in [0.29, 0.717) is 28.1 Å². The van der Waals surface area contributed by atoms with Crippen LogP contribution in [0, 0.1) is 0 Å². The monoisotopic (exact) mass is 300 g/mol. The summed E-state index contributed by atoms with van der Waals surface area (Å²) in [6.07, 6.45) is 1.68. The molecule has 0 saturated carbocycles. The van der Waals surface area contributed by atoms with Gasteiger partial charge in [-0.2, -0.15) is 0 Å². The van der Waals surface area contributed by atoms with Crippen LogP contribution in [0.25, 0.3) is 0 Å². The van der Waals surface area contributed by atoms with Gasteiger partial charge in [0.1, 0.15) is 12.4 Å². The molecule has 2 rings (SSSR count). The number of hydrogen-bond acceptors (Lipinski definition) is 4. The molecule has 0 aromatic heterocycles. The number of carbonyl (C=O) groups is 1. The summed E-state index contributed by atoms with van der Waals surface area (Å²) >= 11 is 3.38. The molecule has 1 fully saturated rings. The van der Waals surface area contributed by atoms with Gasteiger partial charge in [0.15, 0.2) is 11.5 Å². The number of benzene rings is 1. The summed E-state index contributed by atoms with van der Waals surface area (Å²) in [6.45, 7) is 1.31. The fourth-order valence-electron chi connectivity index (χ4n) is 1.69. The SMILES string of the molecule is COc1cc(C=O)cc(Br)c1OC1CCOC1. The second-order valence-corrected chi connectivity index (χ2v) is 4.61. The maximum atomic E-state index is 10.7. The molecule has 1 saturated heterocycles. The summed E-state index contributed by atoms with van der Waals surface area (Å²) < 4.78 is 17.0. The van der Waals surface area contributed by atoms with Crippen molar-refractivity contribution < 1.29 is 19.0 Å². The predicted molar refractivity (Wildman–Crippen MR) is 65.9 cm³/mol. The molecule has 0 spiro atoms. The zero-order valence-electron chi connectivity index (χ0n) is 9.44. The highest BCUT2D eigenvalue weighted by Gasteiger charge is 2.21. The van der Waals surface area contributed by atoms with Crippen molar-refractivity contribution in [1.29, 1.82) is 0 Å². The summed E-state index contributed by atoms with van der Waals surface area (Å²) in [7, 11) is 1.55. The van der Waals surface area contributed by atoms with Gasteiger partial charge < -0.3 is 14.2 Å². The van der Waals surface area contributed by atoms with Crippen LogP contribution in [0.5, 0.6) is 11.5 Å². The smallest absolute Gasteiger partial charge is 0.175 e. The Morgan fingerprint density at radius 3 is 2.94 bits per heavy atom. The Kier molecular flexibility index (Phi) is 4.02. The molecule has 1 aromatic carbocycles. The lowest BCUT2D eigenvalue weighted by molar-refractivity contribution is 0.112.